The van der Waals surface area contributed by atoms with Crippen LogP contribution in [-0.2, 0) is 6.54 Å². The van der Waals surface area contributed by atoms with E-state index in [1.165, 1.54) is 6.20 Å². The summed E-state index contributed by atoms with van der Waals surface area (Å²) < 4.78 is 31.8. The number of aromatic nitrogens is 1. The first-order valence-electron chi connectivity index (χ1n) is 11.2. The molecule has 3 heterocycles. The maximum Gasteiger partial charge on any atom is 0.519 e. The molecule has 1 aromatic carbocycles. The van der Waals surface area contributed by atoms with Gasteiger partial charge in [-0.1, -0.05) is 11.6 Å². The van der Waals surface area contributed by atoms with Gasteiger partial charge in [0.25, 0.3) is 0 Å². The number of pyridine rings is 1. The van der Waals surface area contributed by atoms with Gasteiger partial charge in [-0.15, -0.1) is 0 Å². The Labute approximate surface area is 203 Å². The lowest BCUT2D eigenvalue weighted by atomic mass is 10.1. The van der Waals surface area contributed by atoms with Crippen LogP contribution in [0.1, 0.15) is 37.3 Å². The van der Waals surface area contributed by atoms with Crippen LogP contribution < -0.4 is 20.9 Å². The number of piperazine rings is 1. The Kier molecular flexibility index (Phi) is 5.84. The van der Waals surface area contributed by atoms with Gasteiger partial charge in [0.2, 0.25) is 5.43 Å². The highest BCUT2D eigenvalue weighted by Gasteiger charge is 2.32. The number of nitrogens with zero attached hydrogens (tertiary/aromatic N) is 3. The van der Waals surface area contributed by atoms with E-state index in [1.54, 1.807) is 11.5 Å². The summed E-state index contributed by atoms with van der Waals surface area (Å²) in [6.45, 7) is 5.46. The van der Waals surface area contributed by atoms with Gasteiger partial charge in [0, 0.05) is 31.7 Å². The van der Waals surface area contributed by atoms with E-state index in [9.17, 15) is 14.4 Å². The van der Waals surface area contributed by atoms with Crippen molar-refractivity contribution in [3.8, 4) is 5.75 Å². The molecular formula is C23H23ClFN3O7. The van der Waals surface area contributed by atoms with Crippen LogP contribution in [0.5, 0.6) is 5.75 Å². The minimum absolute atomic E-state index is 0.0219. The van der Waals surface area contributed by atoms with E-state index < -0.39 is 23.2 Å². The molecule has 1 saturated carbocycles. The van der Waals surface area contributed by atoms with Gasteiger partial charge in [-0.05, 0) is 32.8 Å². The van der Waals surface area contributed by atoms with E-state index in [1.807, 2.05) is 11.8 Å². The number of carbonyl (C=O) groups is 1. The minimum atomic E-state index is -1.62. The Hall–Kier alpha value is -3.31. The van der Waals surface area contributed by atoms with Crippen molar-refractivity contribution in [3.05, 3.63) is 55.5 Å². The average Bonchev–Trinajstić information content (AvgIpc) is 3.57. The number of aryl methyl sites for hydroxylation is 1. The second-order valence-electron chi connectivity index (χ2n) is 8.95. The first-order valence-corrected chi connectivity index (χ1v) is 11.6. The zero-order valence-electron chi connectivity index (χ0n) is 19.0. The summed E-state index contributed by atoms with van der Waals surface area (Å²) in [5.74, 6) is -0.918. The van der Waals surface area contributed by atoms with Crippen molar-refractivity contribution in [1.82, 2.24) is 9.47 Å². The molecule has 5 rings (SSSR count). The standard InChI is InChI=1S/C23H23ClFN3O7/c1-11-8-27(6-5-26(11)9-16-12(2)33-23(32)35-16)20-15(25)7-14-19(18(20)24)28(13-3-4-13)10-17(21(14)29)34-22(30)31/h7,10-11,13H,3-6,8-9H2,1-2H3,(H,30,31). The maximum atomic E-state index is 15.4. The van der Waals surface area contributed by atoms with Crippen LogP contribution in [0.2, 0.25) is 5.02 Å². The van der Waals surface area contributed by atoms with Crippen molar-refractivity contribution < 1.29 is 27.9 Å². The molecule has 0 spiro atoms. The number of rotatable bonds is 5. The SMILES string of the molecule is Cc1oc(=O)oc1CN1CCN(c2c(F)cc3c(=O)c(OC(=O)O)cn(C4CC4)c3c2Cl)CC1C. The Morgan fingerprint density at radius 1 is 1.29 bits per heavy atom. The van der Waals surface area contributed by atoms with Crippen LogP contribution in [0.25, 0.3) is 10.9 Å². The van der Waals surface area contributed by atoms with Crippen LogP contribution in [-0.4, -0.2) is 46.4 Å². The first kappa shape index (κ1) is 23.4. The quantitative estimate of drug-likeness (QED) is 0.515. The van der Waals surface area contributed by atoms with E-state index in [0.717, 1.165) is 18.9 Å². The normalized spacial score (nSPS) is 18.9. The van der Waals surface area contributed by atoms with Gasteiger partial charge >= 0.3 is 12.0 Å². The number of hydrogen-bond donors (Lipinski definition) is 1. The molecule has 1 saturated heterocycles. The van der Waals surface area contributed by atoms with Gasteiger partial charge in [-0.2, -0.15) is 0 Å². The summed E-state index contributed by atoms with van der Waals surface area (Å²) in [5.41, 5.74) is -0.182. The highest BCUT2D eigenvalue weighted by atomic mass is 35.5. The summed E-state index contributed by atoms with van der Waals surface area (Å²) in [4.78, 5) is 39.2. The average molecular weight is 508 g/mol. The highest BCUT2D eigenvalue weighted by Crippen LogP contribution is 2.43. The second kappa shape index (κ2) is 8.72. The van der Waals surface area contributed by atoms with Crippen molar-refractivity contribution in [2.24, 2.45) is 0 Å². The van der Waals surface area contributed by atoms with Gasteiger partial charge < -0.3 is 28.1 Å². The minimum Gasteiger partial charge on any atom is -0.449 e. The first-order chi connectivity index (χ1) is 16.6. The summed E-state index contributed by atoms with van der Waals surface area (Å²) in [7, 11) is 0. The lowest BCUT2D eigenvalue weighted by Gasteiger charge is -2.41. The Morgan fingerprint density at radius 3 is 2.63 bits per heavy atom. The van der Waals surface area contributed by atoms with E-state index in [4.69, 9.17) is 25.5 Å². The van der Waals surface area contributed by atoms with Crippen molar-refractivity contribution in [2.75, 3.05) is 24.5 Å². The van der Waals surface area contributed by atoms with Gasteiger partial charge in [0.1, 0.15) is 11.6 Å². The van der Waals surface area contributed by atoms with Crippen LogP contribution in [0.15, 0.2) is 30.7 Å². The zero-order valence-corrected chi connectivity index (χ0v) is 19.8. The molecule has 2 fully saturated rings. The fourth-order valence-electron chi connectivity index (χ4n) is 4.64. The Bertz CT molecular complexity index is 1440. The van der Waals surface area contributed by atoms with Gasteiger partial charge in [0.05, 0.1) is 34.4 Å². The molecule has 2 aliphatic rings. The molecule has 35 heavy (non-hydrogen) atoms. The molecule has 2 aromatic heterocycles. The highest BCUT2D eigenvalue weighted by molar-refractivity contribution is 6.38. The smallest absolute Gasteiger partial charge is 0.449 e. The number of anilines is 1. The third-order valence-corrected chi connectivity index (χ3v) is 6.91. The molecule has 12 heteroatoms. The molecule has 1 atom stereocenters. The third-order valence-electron chi connectivity index (χ3n) is 6.55. The Morgan fingerprint density at radius 2 is 2.03 bits per heavy atom. The second-order valence-corrected chi connectivity index (χ2v) is 9.32. The molecule has 10 nitrogen and oxygen atoms in total. The van der Waals surface area contributed by atoms with Crippen molar-refractivity contribution >= 4 is 34.3 Å². The number of carboxylic acid groups (broad SMARTS) is 1. The van der Waals surface area contributed by atoms with Crippen molar-refractivity contribution in [3.63, 3.8) is 0 Å². The molecule has 1 unspecified atom stereocenters. The fourth-order valence-corrected chi connectivity index (χ4v) is 5.05. The van der Waals surface area contributed by atoms with E-state index in [0.29, 0.717) is 43.2 Å². The summed E-state index contributed by atoms with van der Waals surface area (Å²) in [6, 6.07) is 1.09. The van der Waals surface area contributed by atoms with E-state index in [2.05, 4.69) is 9.64 Å². The number of halogens is 2. The molecule has 3 aromatic rings. The van der Waals surface area contributed by atoms with Crippen LogP contribution in [0, 0.1) is 12.7 Å². The van der Waals surface area contributed by atoms with Crippen molar-refractivity contribution in [1.29, 1.82) is 0 Å². The van der Waals surface area contributed by atoms with Gasteiger partial charge in [-0.25, -0.2) is 14.0 Å². The van der Waals surface area contributed by atoms with Gasteiger partial charge in [-0.3, -0.25) is 9.69 Å². The molecule has 0 radical (unpaired) electrons. The zero-order chi connectivity index (χ0) is 25.0. The lowest BCUT2D eigenvalue weighted by Crippen LogP contribution is -2.51. The molecule has 1 N–H and O–H groups in total. The van der Waals surface area contributed by atoms with Crippen molar-refractivity contribution in [2.45, 2.75) is 45.3 Å². The van der Waals surface area contributed by atoms with E-state index >= 15 is 4.39 Å². The predicted molar refractivity (Wildman–Crippen MR) is 124 cm³/mol. The summed E-state index contributed by atoms with van der Waals surface area (Å²) >= 11 is 6.75. The summed E-state index contributed by atoms with van der Waals surface area (Å²) in [5, 5.41) is 9.05. The molecule has 1 aliphatic heterocycles. The molecule has 186 valence electrons. The van der Waals surface area contributed by atoms with Gasteiger partial charge in [0.15, 0.2) is 11.5 Å². The number of fused-ring (bicyclic) bond motifs is 1. The van der Waals surface area contributed by atoms with Crippen LogP contribution >= 0.6 is 11.6 Å². The Balaban J connectivity index is 1.50. The largest absolute Gasteiger partial charge is 0.519 e. The number of hydrogen-bond acceptors (Lipinski definition) is 8. The number of benzene rings is 1. The molecule has 0 bridgehead atoms. The van der Waals surface area contributed by atoms with Crippen LogP contribution in [0.3, 0.4) is 0 Å². The summed E-state index contributed by atoms with van der Waals surface area (Å²) in [6.07, 6.45) is 1.37. The molecule has 1 aliphatic carbocycles. The van der Waals surface area contributed by atoms with E-state index in [-0.39, 0.29) is 33.9 Å². The monoisotopic (exact) mass is 507 g/mol. The molecular weight excluding hydrogens is 485 g/mol. The fraction of sp³-hybridized carbons (Fsp3) is 0.435. The number of ether oxygens (including phenoxy) is 1. The lowest BCUT2D eigenvalue weighted by molar-refractivity contribution is 0.143. The maximum absolute atomic E-state index is 15.4. The topological polar surface area (TPSA) is 118 Å². The van der Waals surface area contributed by atoms with Crippen LogP contribution in [0.4, 0.5) is 14.9 Å². The third kappa shape index (κ3) is 4.30. The molecule has 0 amide bonds. The predicted octanol–water partition coefficient (Wildman–Crippen LogP) is 3.75.